The Hall–Kier alpha value is -2.92. The smallest absolute Gasteiger partial charge is 0.338 e. The van der Waals surface area contributed by atoms with Crippen LogP contribution >= 0.6 is 11.3 Å². The van der Waals surface area contributed by atoms with E-state index < -0.39 is 5.97 Å². The highest BCUT2D eigenvalue weighted by Gasteiger charge is 2.20. The number of fused-ring (bicyclic) bond motifs is 1. The number of anilines is 1. The van der Waals surface area contributed by atoms with E-state index in [1.54, 1.807) is 19.9 Å². The third kappa shape index (κ3) is 3.53. The Labute approximate surface area is 155 Å². The number of nitrogens with one attached hydrogen (secondary N) is 1. The Morgan fingerprint density at radius 2 is 1.77 bits per heavy atom. The SMILES string of the molecule is C/C(=C\c1ccc2ccccc2c1)C(=O)Nc1sc(C)c(C)c1C(=O)O. The van der Waals surface area contributed by atoms with Crippen LogP contribution in [0.2, 0.25) is 0 Å². The molecule has 2 N–H and O–H groups in total. The van der Waals surface area contributed by atoms with Crippen molar-refractivity contribution in [2.24, 2.45) is 0 Å². The molecule has 2 aromatic carbocycles. The molecule has 3 rings (SSSR count). The Kier molecular flexibility index (Phi) is 4.91. The van der Waals surface area contributed by atoms with Gasteiger partial charge in [-0.3, -0.25) is 4.79 Å². The van der Waals surface area contributed by atoms with E-state index in [-0.39, 0.29) is 11.5 Å². The van der Waals surface area contributed by atoms with Gasteiger partial charge in [0.05, 0.1) is 5.56 Å². The topological polar surface area (TPSA) is 66.4 Å². The third-order valence-electron chi connectivity index (χ3n) is 4.34. The summed E-state index contributed by atoms with van der Waals surface area (Å²) in [7, 11) is 0. The van der Waals surface area contributed by atoms with Crippen molar-refractivity contribution in [3.05, 3.63) is 69.6 Å². The van der Waals surface area contributed by atoms with Crippen LogP contribution in [-0.2, 0) is 4.79 Å². The fourth-order valence-corrected chi connectivity index (χ4v) is 3.83. The molecular formula is C21H19NO3S. The predicted molar refractivity (Wildman–Crippen MR) is 107 cm³/mol. The zero-order valence-corrected chi connectivity index (χ0v) is 15.6. The Bertz CT molecular complexity index is 1050. The van der Waals surface area contributed by atoms with Crippen LogP contribution in [0.5, 0.6) is 0 Å². The summed E-state index contributed by atoms with van der Waals surface area (Å²) in [5, 5.41) is 14.8. The number of rotatable bonds is 4. The van der Waals surface area contributed by atoms with E-state index in [0.29, 0.717) is 16.1 Å². The first-order valence-corrected chi connectivity index (χ1v) is 9.00. The fourth-order valence-electron chi connectivity index (χ4n) is 2.79. The van der Waals surface area contributed by atoms with Crippen LogP contribution in [0.4, 0.5) is 5.00 Å². The summed E-state index contributed by atoms with van der Waals surface area (Å²) in [6.07, 6.45) is 1.80. The molecule has 0 aliphatic carbocycles. The fraction of sp³-hybridized carbons (Fsp3) is 0.143. The molecule has 0 fully saturated rings. The molecule has 0 radical (unpaired) electrons. The van der Waals surface area contributed by atoms with E-state index in [0.717, 1.165) is 21.2 Å². The van der Waals surface area contributed by atoms with E-state index in [4.69, 9.17) is 0 Å². The van der Waals surface area contributed by atoms with E-state index in [1.807, 2.05) is 49.4 Å². The first-order valence-electron chi connectivity index (χ1n) is 8.18. The Balaban J connectivity index is 1.86. The van der Waals surface area contributed by atoms with Crippen molar-refractivity contribution < 1.29 is 14.7 Å². The largest absolute Gasteiger partial charge is 0.478 e. The van der Waals surface area contributed by atoms with Gasteiger partial charge in [0.25, 0.3) is 5.91 Å². The van der Waals surface area contributed by atoms with Crippen molar-refractivity contribution in [3.8, 4) is 0 Å². The maximum atomic E-state index is 12.5. The highest BCUT2D eigenvalue weighted by atomic mass is 32.1. The summed E-state index contributed by atoms with van der Waals surface area (Å²) in [4.78, 5) is 24.9. The highest BCUT2D eigenvalue weighted by Crippen LogP contribution is 2.32. The molecule has 1 amide bonds. The summed E-state index contributed by atoms with van der Waals surface area (Å²) in [5.41, 5.74) is 2.29. The zero-order chi connectivity index (χ0) is 18.8. The number of carboxylic acid groups (broad SMARTS) is 1. The van der Waals surface area contributed by atoms with Crippen molar-refractivity contribution in [1.82, 2.24) is 0 Å². The molecule has 0 unspecified atom stereocenters. The molecule has 0 atom stereocenters. The van der Waals surface area contributed by atoms with E-state index in [9.17, 15) is 14.7 Å². The first kappa shape index (κ1) is 17.9. The number of hydrogen-bond acceptors (Lipinski definition) is 3. The standard InChI is InChI=1S/C21H19NO3S/c1-12(10-15-8-9-16-6-4-5-7-17(16)11-15)19(23)22-20-18(21(24)25)13(2)14(3)26-20/h4-11H,1-3H3,(H,22,23)(H,24,25)/b12-10+. The molecule has 0 saturated carbocycles. The molecule has 0 saturated heterocycles. The van der Waals surface area contributed by atoms with Gasteiger partial charge in [-0.05, 0) is 54.8 Å². The molecular weight excluding hydrogens is 346 g/mol. The van der Waals surface area contributed by atoms with Crippen molar-refractivity contribution in [3.63, 3.8) is 0 Å². The molecule has 0 bridgehead atoms. The van der Waals surface area contributed by atoms with Gasteiger partial charge in [0, 0.05) is 10.5 Å². The van der Waals surface area contributed by atoms with E-state index in [1.165, 1.54) is 11.3 Å². The number of carboxylic acids is 1. The number of carbonyl (C=O) groups is 2. The monoisotopic (exact) mass is 365 g/mol. The van der Waals surface area contributed by atoms with Crippen molar-refractivity contribution in [2.75, 3.05) is 5.32 Å². The lowest BCUT2D eigenvalue weighted by Gasteiger charge is -2.06. The molecule has 132 valence electrons. The highest BCUT2D eigenvalue weighted by molar-refractivity contribution is 7.16. The maximum absolute atomic E-state index is 12.5. The van der Waals surface area contributed by atoms with Crippen LogP contribution in [0.3, 0.4) is 0 Å². The molecule has 1 aromatic heterocycles. The lowest BCUT2D eigenvalue weighted by Crippen LogP contribution is -2.14. The zero-order valence-electron chi connectivity index (χ0n) is 14.8. The molecule has 26 heavy (non-hydrogen) atoms. The number of aryl methyl sites for hydroxylation is 1. The average Bonchev–Trinajstić information content (AvgIpc) is 2.88. The van der Waals surface area contributed by atoms with Gasteiger partial charge in [0.2, 0.25) is 0 Å². The summed E-state index contributed by atoms with van der Waals surface area (Å²) >= 11 is 1.28. The number of aromatic carboxylic acids is 1. The third-order valence-corrected chi connectivity index (χ3v) is 5.46. The average molecular weight is 365 g/mol. The molecule has 5 heteroatoms. The van der Waals surface area contributed by atoms with Crippen LogP contribution in [0.15, 0.2) is 48.0 Å². The Morgan fingerprint density at radius 1 is 1.08 bits per heavy atom. The number of carbonyl (C=O) groups excluding carboxylic acids is 1. The summed E-state index contributed by atoms with van der Waals surface area (Å²) in [5.74, 6) is -1.33. The van der Waals surface area contributed by atoms with E-state index >= 15 is 0 Å². The second-order valence-electron chi connectivity index (χ2n) is 6.18. The van der Waals surface area contributed by atoms with Gasteiger partial charge < -0.3 is 10.4 Å². The minimum atomic E-state index is -1.03. The van der Waals surface area contributed by atoms with Gasteiger partial charge in [0.1, 0.15) is 5.00 Å². The van der Waals surface area contributed by atoms with E-state index in [2.05, 4.69) is 5.32 Å². The quantitative estimate of drug-likeness (QED) is 0.620. The molecule has 0 aliphatic heterocycles. The van der Waals surface area contributed by atoms with Gasteiger partial charge >= 0.3 is 5.97 Å². The van der Waals surface area contributed by atoms with Gasteiger partial charge in [-0.2, -0.15) is 0 Å². The van der Waals surface area contributed by atoms with Gasteiger partial charge in [-0.1, -0.05) is 36.4 Å². The van der Waals surface area contributed by atoms with Gasteiger partial charge in [-0.25, -0.2) is 4.79 Å². The minimum absolute atomic E-state index is 0.166. The van der Waals surface area contributed by atoms with Gasteiger partial charge in [0.15, 0.2) is 0 Å². The van der Waals surface area contributed by atoms with Gasteiger partial charge in [-0.15, -0.1) is 11.3 Å². The second kappa shape index (κ2) is 7.14. The molecule has 3 aromatic rings. The lowest BCUT2D eigenvalue weighted by molar-refractivity contribution is -0.112. The summed E-state index contributed by atoms with van der Waals surface area (Å²) in [6.45, 7) is 5.32. The maximum Gasteiger partial charge on any atom is 0.338 e. The van der Waals surface area contributed by atoms with Crippen LogP contribution in [0.1, 0.15) is 33.3 Å². The van der Waals surface area contributed by atoms with Crippen LogP contribution in [0.25, 0.3) is 16.8 Å². The van der Waals surface area contributed by atoms with Crippen molar-refractivity contribution in [2.45, 2.75) is 20.8 Å². The van der Waals surface area contributed by atoms with Crippen molar-refractivity contribution >= 4 is 45.1 Å². The number of hydrogen-bond donors (Lipinski definition) is 2. The van der Waals surface area contributed by atoms with Crippen LogP contribution in [-0.4, -0.2) is 17.0 Å². The second-order valence-corrected chi connectivity index (χ2v) is 7.41. The summed E-state index contributed by atoms with van der Waals surface area (Å²) < 4.78 is 0. The number of amides is 1. The molecule has 0 aliphatic rings. The van der Waals surface area contributed by atoms with Crippen molar-refractivity contribution in [1.29, 1.82) is 0 Å². The summed E-state index contributed by atoms with van der Waals surface area (Å²) in [6, 6.07) is 14.0. The Morgan fingerprint density at radius 3 is 2.46 bits per heavy atom. The minimum Gasteiger partial charge on any atom is -0.478 e. The molecule has 0 spiro atoms. The normalized spacial score (nSPS) is 11.6. The first-order chi connectivity index (χ1) is 12.4. The molecule has 4 nitrogen and oxygen atoms in total. The lowest BCUT2D eigenvalue weighted by atomic mass is 10.1. The number of thiophene rings is 1. The number of benzene rings is 2. The molecule has 1 heterocycles. The predicted octanol–water partition coefficient (Wildman–Crippen LogP) is 5.26. The van der Waals surface area contributed by atoms with Crippen LogP contribution in [0, 0.1) is 13.8 Å². The van der Waals surface area contributed by atoms with Crippen LogP contribution < -0.4 is 5.32 Å².